The highest BCUT2D eigenvalue weighted by atomic mass is 35.5. The lowest BCUT2D eigenvalue weighted by molar-refractivity contribution is -0.0409. The van der Waals surface area contributed by atoms with Crippen molar-refractivity contribution in [2.24, 2.45) is 11.8 Å². The molecular weight excluding hydrogens is 377 g/mol. The number of rotatable bonds is 4. The van der Waals surface area contributed by atoms with Crippen molar-refractivity contribution in [2.45, 2.75) is 56.3 Å². The Balaban J connectivity index is 1.48. The van der Waals surface area contributed by atoms with E-state index in [0.717, 1.165) is 12.3 Å². The number of hydrogen-bond acceptors (Lipinski definition) is 7. The van der Waals surface area contributed by atoms with Gasteiger partial charge in [-0.2, -0.15) is 9.97 Å². The Bertz CT molecular complexity index is 866. The molecule has 10 heteroatoms. The second-order valence-corrected chi connectivity index (χ2v) is 8.13. The topological polar surface area (TPSA) is 105 Å². The second-order valence-electron chi connectivity index (χ2n) is 7.79. The Morgan fingerprint density at radius 3 is 2.78 bits per heavy atom. The highest BCUT2D eigenvalue weighted by Gasteiger charge is 2.44. The van der Waals surface area contributed by atoms with Gasteiger partial charge in [0.05, 0.1) is 6.33 Å². The molecule has 2 saturated carbocycles. The van der Waals surface area contributed by atoms with Gasteiger partial charge in [0.2, 0.25) is 5.28 Å². The summed E-state index contributed by atoms with van der Waals surface area (Å²) < 4.78 is 19.9. The molecule has 8 nitrogen and oxygen atoms in total. The van der Waals surface area contributed by atoms with Gasteiger partial charge < -0.3 is 20.3 Å². The Kier molecular flexibility index (Phi) is 4.23. The zero-order valence-corrected chi connectivity index (χ0v) is 15.3. The van der Waals surface area contributed by atoms with Crippen molar-refractivity contribution in [3.05, 3.63) is 11.6 Å². The van der Waals surface area contributed by atoms with E-state index in [1.54, 1.807) is 0 Å². The molecule has 7 atom stereocenters. The number of hydrogen-bond donors (Lipinski definition) is 3. The average molecular weight is 398 g/mol. The third-order valence-corrected chi connectivity index (χ3v) is 6.39. The van der Waals surface area contributed by atoms with Crippen LogP contribution in [0.3, 0.4) is 0 Å². The summed E-state index contributed by atoms with van der Waals surface area (Å²) in [7, 11) is 0. The summed E-state index contributed by atoms with van der Waals surface area (Å²) in [6, 6.07) is 0.342. The summed E-state index contributed by atoms with van der Waals surface area (Å²) >= 11 is 6.13. The average Bonchev–Trinajstić information content (AvgIpc) is 3.41. The molecule has 2 aliphatic carbocycles. The standard InChI is InChI=1S/C17H21ClFN5O3/c18-17-22-14(21-9-4-7-1-2-8(9)3-7)11-15(23-17)24(6-20-11)16-13(26)12(25)10(5-19)27-16/h6-10,12-13,16,25-26H,1-5H2,(H,21,22,23)/t7?,8?,9?,10-,12-,13-,16-/m1/s1. The predicted octanol–water partition coefficient (Wildman–Crippen LogP) is 1.67. The van der Waals surface area contributed by atoms with Gasteiger partial charge in [-0.3, -0.25) is 4.57 Å². The molecule has 0 spiro atoms. The number of anilines is 1. The van der Waals surface area contributed by atoms with E-state index >= 15 is 0 Å². The first-order valence-corrected chi connectivity index (χ1v) is 9.67. The van der Waals surface area contributed by atoms with Crippen molar-refractivity contribution >= 4 is 28.6 Å². The number of halogens is 2. The maximum absolute atomic E-state index is 13.0. The SMILES string of the molecule is O[C@@H]1[C@H](O)[C@@H](CF)O[C@H]1n1cnc2c(NC3CC4CCC3C4)nc(Cl)nc21. The zero-order valence-electron chi connectivity index (χ0n) is 14.5. The molecular formula is C17H21ClFN5O3. The summed E-state index contributed by atoms with van der Waals surface area (Å²) in [6.07, 6.45) is 1.64. The Labute approximate surface area is 159 Å². The molecule has 2 aromatic heterocycles. The van der Waals surface area contributed by atoms with E-state index in [-0.39, 0.29) is 5.28 Å². The maximum atomic E-state index is 13.0. The van der Waals surface area contributed by atoms with Crippen LogP contribution < -0.4 is 5.32 Å². The molecule has 5 rings (SSSR count). The van der Waals surface area contributed by atoms with Crippen molar-refractivity contribution < 1.29 is 19.3 Å². The van der Waals surface area contributed by atoms with Crippen LogP contribution in [-0.4, -0.2) is 60.8 Å². The highest BCUT2D eigenvalue weighted by molar-refractivity contribution is 6.28. The monoisotopic (exact) mass is 397 g/mol. The van der Waals surface area contributed by atoms with Gasteiger partial charge in [-0.15, -0.1) is 0 Å². The van der Waals surface area contributed by atoms with Crippen LogP contribution in [0.25, 0.3) is 11.2 Å². The maximum Gasteiger partial charge on any atom is 0.226 e. The summed E-state index contributed by atoms with van der Waals surface area (Å²) in [5.74, 6) is 1.97. The lowest BCUT2D eigenvalue weighted by atomic mass is 9.95. The summed E-state index contributed by atoms with van der Waals surface area (Å²) in [5.41, 5.74) is 0.882. The van der Waals surface area contributed by atoms with Crippen molar-refractivity contribution in [1.29, 1.82) is 0 Å². The first kappa shape index (κ1) is 17.5. The van der Waals surface area contributed by atoms with Gasteiger partial charge in [0, 0.05) is 6.04 Å². The van der Waals surface area contributed by atoms with Crippen LogP contribution in [0, 0.1) is 11.8 Å². The molecule has 1 aliphatic heterocycles. The molecule has 3 fully saturated rings. The van der Waals surface area contributed by atoms with E-state index in [0.29, 0.717) is 28.9 Å². The number of nitrogens with zero attached hydrogens (tertiary/aromatic N) is 4. The first-order chi connectivity index (χ1) is 13.0. The number of ether oxygens (including phenoxy) is 1. The van der Waals surface area contributed by atoms with Crippen molar-refractivity contribution in [3.63, 3.8) is 0 Å². The van der Waals surface area contributed by atoms with E-state index in [2.05, 4.69) is 20.3 Å². The van der Waals surface area contributed by atoms with Crippen LogP contribution in [-0.2, 0) is 4.74 Å². The summed E-state index contributed by atoms with van der Waals surface area (Å²) in [6.45, 7) is -0.895. The molecule has 2 aromatic rings. The van der Waals surface area contributed by atoms with E-state index in [1.165, 1.54) is 30.2 Å². The van der Waals surface area contributed by atoms with E-state index in [9.17, 15) is 14.6 Å². The predicted molar refractivity (Wildman–Crippen MR) is 95.1 cm³/mol. The van der Waals surface area contributed by atoms with Gasteiger partial charge >= 0.3 is 0 Å². The van der Waals surface area contributed by atoms with Gasteiger partial charge in [0.25, 0.3) is 0 Å². The van der Waals surface area contributed by atoms with Crippen LogP contribution in [0.4, 0.5) is 10.2 Å². The molecule has 1 saturated heterocycles. The second kappa shape index (κ2) is 6.51. The van der Waals surface area contributed by atoms with Crippen molar-refractivity contribution in [1.82, 2.24) is 19.5 Å². The molecule has 27 heavy (non-hydrogen) atoms. The largest absolute Gasteiger partial charge is 0.387 e. The number of imidazole rings is 1. The molecule has 0 amide bonds. The zero-order chi connectivity index (χ0) is 18.7. The summed E-state index contributed by atoms with van der Waals surface area (Å²) in [5, 5.41) is 23.7. The Morgan fingerprint density at radius 1 is 1.26 bits per heavy atom. The van der Waals surface area contributed by atoms with E-state index in [1.807, 2.05) is 0 Å². The summed E-state index contributed by atoms with van der Waals surface area (Å²) in [4.78, 5) is 12.9. The molecule has 3 unspecified atom stereocenters. The minimum absolute atomic E-state index is 0.0463. The van der Waals surface area contributed by atoms with Crippen LogP contribution in [0.1, 0.15) is 31.9 Å². The van der Waals surface area contributed by atoms with Crippen LogP contribution >= 0.6 is 11.6 Å². The first-order valence-electron chi connectivity index (χ1n) is 9.29. The fourth-order valence-electron chi connectivity index (χ4n) is 4.86. The molecule has 2 bridgehead atoms. The third kappa shape index (κ3) is 2.79. The highest BCUT2D eigenvalue weighted by Crippen LogP contribution is 2.45. The number of fused-ring (bicyclic) bond motifs is 3. The Morgan fingerprint density at radius 2 is 2.11 bits per heavy atom. The van der Waals surface area contributed by atoms with E-state index < -0.39 is 31.2 Å². The van der Waals surface area contributed by atoms with Crippen LogP contribution in [0.2, 0.25) is 5.28 Å². The molecule has 3 aliphatic rings. The van der Waals surface area contributed by atoms with Gasteiger partial charge in [-0.25, -0.2) is 9.37 Å². The molecule has 3 N–H and O–H groups in total. The van der Waals surface area contributed by atoms with Gasteiger partial charge in [-0.05, 0) is 42.7 Å². The van der Waals surface area contributed by atoms with Crippen molar-refractivity contribution in [3.8, 4) is 0 Å². The third-order valence-electron chi connectivity index (χ3n) is 6.22. The van der Waals surface area contributed by atoms with Crippen LogP contribution in [0.5, 0.6) is 0 Å². The lowest BCUT2D eigenvalue weighted by Crippen LogP contribution is -2.32. The van der Waals surface area contributed by atoms with Gasteiger partial charge in [0.1, 0.15) is 25.0 Å². The molecule has 0 radical (unpaired) electrons. The smallest absolute Gasteiger partial charge is 0.226 e. The van der Waals surface area contributed by atoms with Crippen molar-refractivity contribution in [2.75, 3.05) is 12.0 Å². The Hall–Kier alpha value is -1.55. The number of aliphatic hydroxyl groups is 2. The molecule has 146 valence electrons. The number of aliphatic hydroxyl groups excluding tert-OH is 2. The number of nitrogens with one attached hydrogen (secondary N) is 1. The normalized spacial score (nSPS) is 38.1. The van der Waals surface area contributed by atoms with Gasteiger partial charge in [0.15, 0.2) is 23.2 Å². The fourth-order valence-corrected chi connectivity index (χ4v) is 5.02. The quantitative estimate of drug-likeness (QED) is 0.674. The fraction of sp³-hybridized carbons (Fsp3) is 0.706. The van der Waals surface area contributed by atoms with Gasteiger partial charge in [-0.1, -0.05) is 6.42 Å². The van der Waals surface area contributed by atoms with Crippen LogP contribution in [0.15, 0.2) is 6.33 Å². The number of aromatic nitrogens is 4. The minimum Gasteiger partial charge on any atom is -0.387 e. The molecule has 3 heterocycles. The lowest BCUT2D eigenvalue weighted by Gasteiger charge is -2.23. The minimum atomic E-state index is -1.32. The van der Waals surface area contributed by atoms with E-state index in [4.69, 9.17) is 16.3 Å². The molecule has 0 aromatic carbocycles. The number of alkyl halides is 1.